The molecule has 32 heavy (non-hydrogen) atoms. The molecule has 1 saturated heterocycles. The summed E-state index contributed by atoms with van der Waals surface area (Å²) in [4.78, 5) is 26.1. The Morgan fingerprint density at radius 2 is 1.91 bits per heavy atom. The van der Waals surface area contributed by atoms with E-state index in [1.165, 1.54) is 13.2 Å². The van der Waals surface area contributed by atoms with Gasteiger partial charge in [-0.1, -0.05) is 30.3 Å². The average Bonchev–Trinajstić information content (AvgIpc) is 3.22. The summed E-state index contributed by atoms with van der Waals surface area (Å²) in [5, 5.41) is 0. The van der Waals surface area contributed by atoms with Crippen LogP contribution in [0.1, 0.15) is 22.3 Å². The third kappa shape index (κ3) is 5.99. The number of sulfonamides is 1. The van der Waals surface area contributed by atoms with Crippen molar-refractivity contribution in [2.24, 2.45) is 5.92 Å². The Labute approximate surface area is 187 Å². The van der Waals surface area contributed by atoms with Gasteiger partial charge in [-0.2, -0.15) is 0 Å². The summed E-state index contributed by atoms with van der Waals surface area (Å²) in [5.41, 5.74) is 1.68. The van der Waals surface area contributed by atoms with Gasteiger partial charge < -0.3 is 9.64 Å². The standard InChI is InChI=1S/C23H27FN2O5S/c1-16-10-19(18-6-4-3-5-7-18)11-20(23(16)24)21(27)12-25-32(29,30)15-17-8-9-26(13-17)22(28)14-31-2/h3-7,10-11,17,25H,8-9,12-15H2,1-2H3. The maximum absolute atomic E-state index is 14.6. The van der Waals surface area contributed by atoms with E-state index in [1.807, 2.05) is 30.3 Å². The van der Waals surface area contributed by atoms with Gasteiger partial charge in [0.05, 0.1) is 17.9 Å². The first-order valence-electron chi connectivity index (χ1n) is 10.3. The molecule has 2 aromatic carbocycles. The van der Waals surface area contributed by atoms with Crippen LogP contribution in [0.15, 0.2) is 42.5 Å². The van der Waals surface area contributed by atoms with Crippen molar-refractivity contribution in [1.82, 2.24) is 9.62 Å². The van der Waals surface area contributed by atoms with Gasteiger partial charge >= 0.3 is 0 Å². The number of benzene rings is 2. The number of nitrogens with one attached hydrogen (secondary N) is 1. The molecule has 172 valence electrons. The van der Waals surface area contributed by atoms with Crippen LogP contribution in [0.25, 0.3) is 11.1 Å². The minimum atomic E-state index is -3.78. The van der Waals surface area contributed by atoms with Crippen LogP contribution in [-0.4, -0.2) is 64.1 Å². The molecular weight excluding hydrogens is 435 g/mol. The molecule has 0 bridgehead atoms. The maximum atomic E-state index is 14.6. The lowest BCUT2D eigenvalue weighted by atomic mass is 9.98. The summed E-state index contributed by atoms with van der Waals surface area (Å²) < 4.78 is 46.7. The van der Waals surface area contributed by atoms with Crippen molar-refractivity contribution in [2.75, 3.05) is 39.1 Å². The highest BCUT2D eigenvalue weighted by Crippen LogP contribution is 2.25. The largest absolute Gasteiger partial charge is 0.375 e. The highest BCUT2D eigenvalue weighted by Gasteiger charge is 2.30. The van der Waals surface area contributed by atoms with E-state index in [9.17, 15) is 22.4 Å². The average molecular weight is 463 g/mol. The summed E-state index contributed by atoms with van der Waals surface area (Å²) in [6.07, 6.45) is 0.553. The molecule has 1 atom stereocenters. The first kappa shape index (κ1) is 24.0. The van der Waals surface area contributed by atoms with Crippen LogP contribution in [0, 0.1) is 18.7 Å². The Morgan fingerprint density at radius 3 is 2.59 bits per heavy atom. The normalized spacial score (nSPS) is 16.3. The predicted octanol–water partition coefficient (Wildman–Crippen LogP) is 2.40. The Morgan fingerprint density at radius 1 is 1.19 bits per heavy atom. The molecule has 1 amide bonds. The number of ether oxygens (including phenoxy) is 1. The quantitative estimate of drug-likeness (QED) is 0.578. The van der Waals surface area contributed by atoms with Gasteiger partial charge in [-0.05, 0) is 48.1 Å². The van der Waals surface area contributed by atoms with Crippen LogP contribution < -0.4 is 4.72 Å². The second kappa shape index (κ2) is 10.3. The van der Waals surface area contributed by atoms with E-state index in [1.54, 1.807) is 17.9 Å². The molecule has 7 nitrogen and oxygen atoms in total. The van der Waals surface area contributed by atoms with Crippen molar-refractivity contribution in [3.63, 3.8) is 0 Å². The highest BCUT2D eigenvalue weighted by molar-refractivity contribution is 7.89. The lowest BCUT2D eigenvalue weighted by molar-refractivity contribution is -0.134. The second-order valence-electron chi connectivity index (χ2n) is 7.97. The molecule has 2 aromatic rings. The van der Waals surface area contributed by atoms with Crippen LogP contribution in [0.4, 0.5) is 4.39 Å². The number of carbonyl (C=O) groups excluding carboxylic acids is 2. The molecule has 1 fully saturated rings. The zero-order valence-electron chi connectivity index (χ0n) is 18.1. The van der Waals surface area contributed by atoms with Crippen molar-refractivity contribution in [3.05, 3.63) is 59.4 Å². The number of ketones is 1. The Bertz CT molecular complexity index is 1090. The number of amides is 1. The number of rotatable bonds is 9. The van der Waals surface area contributed by atoms with Crippen molar-refractivity contribution in [3.8, 4) is 11.1 Å². The fraction of sp³-hybridized carbons (Fsp3) is 0.391. The summed E-state index contributed by atoms with van der Waals surface area (Å²) >= 11 is 0. The zero-order chi connectivity index (χ0) is 23.3. The predicted molar refractivity (Wildman–Crippen MR) is 119 cm³/mol. The van der Waals surface area contributed by atoms with Crippen LogP contribution >= 0.6 is 0 Å². The van der Waals surface area contributed by atoms with Crippen LogP contribution in [0.5, 0.6) is 0 Å². The minimum absolute atomic E-state index is 0.0424. The fourth-order valence-corrected chi connectivity index (χ4v) is 5.18. The molecule has 1 aliphatic heterocycles. The number of hydrogen-bond donors (Lipinski definition) is 1. The monoisotopic (exact) mass is 462 g/mol. The summed E-state index contributed by atoms with van der Waals surface area (Å²) in [6, 6.07) is 12.4. The van der Waals surface area contributed by atoms with Crippen molar-refractivity contribution in [2.45, 2.75) is 13.3 Å². The lowest BCUT2D eigenvalue weighted by Crippen LogP contribution is -2.36. The summed E-state index contributed by atoms with van der Waals surface area (Å²) in [6.45, 7) is 1.79. The van der Waals surface area contributed by atoms with Crippen LogP contribution in [-0.2, 0) is 19.6 Å². The number of halogens is 1. The van der Waals surface area contributed by atoms with E-state index < -0.39 is 28.2 Å². The molecule has 9 heteroatoms. The summed E-state index contributed by atoms with van der Waals surface area (Å²) in [7, 11) is -2.35. The van der Waals surface area contributed by atoms with Crippen LogP contribution in [0.2, 0.25) is 0 Å². The van der Waals surface area contributed by atoms with E-state index in [2.05, 4.69) is 4.72 Å². The summed E-state index contributed by atoms with van der Waals surface area (Å²) in [5.74, 6) is -1.92. The molecule has 1 aliphatic rings. The van der Waals surface area contributed by atoms with Gasteiger partial charge in [0.15, 0.2) is 5.78 Å². The Balaban J connectivity index is 1.64. The topological polar surface area (TPSA) is 92.8 Å². The molecule has 0 spiro atoms. The zero-order valence-corrected chi connectivity index (χ0v) is 19.0. The Kier molecular flexibility index (Phi) is 7.76. The van der Waals surface area contributed by atoms with E-state index in [-0.39, 0.29) is 29.7 Å². The number of nitrogens with zero attached hydrogens (tertiary/aromatic N) is 1. The van der Waals surface area contributed by atoms with Gasteiger partial charge in [-0.15, -0.1) is 0 Å². The number of likely N-dealkylation sites (tertiary alicyclic amines) is 1. The lowest BCUT2D eigenvalue weighted by Gasteiger charge is -2.16. The molecule has 1 unspecified atom stereocenters. The number of methoxy groups -OCH3 is 1. The number of aryl methyl sites for hydroxylation is 1. The molecular formula is C23H27FN2O5S. The van der Waals surface area contributed by atoms with Gasteiger partial charge in [0.1, 0.15) is 12.4 Å². The Hall–Kier alpha value is -2.62. The van der Waals surface area contributed by atoms with Gasteiger partial charge in [-0.3, -0.25) is 9.59 Å². The highest BCUT2D eigenvalue weighted by atomic mass is 32.2. The van der Waals surface area contributed by atoms with Gasteiger partial charge in [-0.25, -0.2) is 17.5 Å². The fourth-order valence-electron chi connectivity index (χ4n) is 3.82. The molecule has 3 rings (SSSR count). The van der Waals surface area contributed by atoms with Crippen molar-refractivity contribution in [1.29, 1.82) is 0 Å². The van der Waals surface area contributed by atoms with E-state index in [4.69, 9.17) is 4.74 Å². The first-order chi connectivity index (χ1) is 15.2. The van der Waals surface area contributed by atoms with Crippen LogP contribution in [0.3, 0.4) is 0 Å². The second-order valence-corrected chi connectivity index (χ2v) is 9.83. The molecule has 1 N–H and O–H groups in total. The minimum Gasteiger partial charge on any atom is -0.375 e. The molecule has 0 radical (unpaired) electrons. The first-order valence-corrected chi connectivity index (χ1v) is 12.0. The molecule has 0 aliphatic carbocycles. The number of hydrogen-bond acceptors (Lipinski definition) is 5. The molecule has 0 saturated carbocycles. The number of carbonyl (C=O) groups is 2. The smallest absolute Gasteiger partial charge is 0.248 e. The van der Waals surface area contributed by atoms with Gasteiger partial charge in [0.25, 0.3) is 0 Å². The van der Waals surface area contributed by atoms with Crippen molar-refractivity contribution < 1.29 is 27.1 Å². The van der Waals surface area contributed by atoms with E-state index in [0.717, 1.165) is 5.56 Å². The molecule has 1 heterocycles. The SMILES string of the molecule is COCC(=O)N1CCC(CS(=O)(=O)NCC(=O)c2cc(-c3ccccc3)cc(C)c2F)C1. The third-order valence-electron chi connectivity index (χ3n) is 5.48. The van der Waals surface area contributed by atoms with E-state index >= 15 is 0 Å². The van der Waals surface area contributed by atoms with Crippen molar-refractivity contribution >= 4 is 21.7 Å². The third-order valence-corrected chi connectivity index (χ3v) is 6.97. The maximum Gasteiger partial charge on any atom is 0.248 e. The number of Topliss-reactive ketones (excluding diaryl/α,β-unsaturated/α-hetero) is 1. The molecule has 0 aromatic heterocycles. The van der Waals surface area contributed by atoms with E-state index in [0.29, 0.717) is 30.6 Å². The van der Waals surface area contributed by atoms with Gasteiger partial charge in [0, 0.05) is 20.2 Å². The van der Waals surface area contributed by atoms with Gasteiger partial charge in [0.2, 0.25) is 15.9 Å².